The summed E-state index contributed by atoms with van der Waals surface area (Å²) in [6.07, 6.45) is 6.14. The first-order chi connectivity index (χ1) is 11.8. The molecule has 0 bridgehead atoms. The molecule has 2 aliphatic heterocycles. The van der Waals surface area contributed by atoms with E-state index in [0.717, 1.165) is 48.4 Å². The number of thioether (sulfide) groups is 1. The first-order valence-corrected chi connectivity index (χ1v) is 9.46. The molecule has 1 amide bonds. The average molecular weight is 346 g/mol. The second-order valence-corrected chi connectivity index (χ2v) is 7.35. The maximum atomic E-state index is 12.3. The van der Waals surface area contributed by atoms with Crippen LogP contribution in [0.4, 0.5) is 0 Å². The van der Waals surface area contributed by atoms with E-state index in [4.69, 9.17) is 0 Å². The van der Waals surface area contributed by atoms with Crippen molar-refractivity contribution in [1.82, 2.24) is 30.0 Å². The van der Waals surface area contributed by atoms with Gasteiger partial charge < -0.3 is 15.2 Å². The van der Waals surface area contributed by atoms with E-state index in [1.54, 1.807) is 18.0 Å². The maximum Gasteiger partial charge on any atom is 0.242 e. The summed E-state index contributed by atoms with van der Waals surface area (Å²) < 4.78 is 3.98. The van der Waals surface area contributed by atoms with Gasteiger partial charge >= 0.3 is 0 Å². The smallest absolute Gasteiger partial charge is 0.242 e. The minimum Gasteiger partial charge on any atom is -0.349 e. The summed E-state index contributed by atoms with van der Waals surface area (Å²) >= 11 is 1.76. The Kier molecular flexibility index (Phi) is 4.57. The number of fused-ring (bicyclic) bond motifs is 1. The number of amides is 1. The first-order valence-electron chi connectivity index (χ1n) is 8.47. The Morgan fingerprint density at radius 2 is 2.46 bits per heavy atom. The second-order valence-electron chi connectivity index (χ2n) is 6.29. The number of carbonyl (C=O) groups is 1. The number of hydrogen-bond acceptors (Lipinski definition) is 5. The Labute approximate surface area is 145 Å². The molecule has 0 saturated carbocycles. The molecule has 2 aromatic heterocycles. The van der Waals surface area contributed by atoms with Crippen molar-refractivity contribution in [3.8, 4) is 0 Å². The number of carbonyl (C=O) groups excluding carboxylic acids is 1. The minimum atomic E-state index is -0.0236. The highest BCUT2D eigenvalue weighted by Crippen LogP contribution is 2.24. The van der Waals surface area contributed by atoms with Crippen molar-refractivity contribution in [3.63, 3.8) is 0 Å². The molecule has 1 saturated heterocycles. The number of imidazole rings is 1. The largest absolute Gasteiger partial charge is 0.349 e. The molecule has 1 atom stereocenters. The van der Waals surface area contributed by atoms with Gasteiger partial charge in [0.15, 0.2) is 5.16 Å². The summed E-state index contributed by atoms with van der Waals surface area (Å²) in [5, 5.41) is 11.8. The molecule has 24 heavy (non-hydrogen) atoms. The summed E-state index contributed by atoms with van der Waals surface area (Å²) in [4.78, 5) is 16.8. The van der Waals surface area contributed by atoms with E-state index in [-0.39, 0.29) is 12.5 Å². The van der Waals surface area contributed by atoms with Crippen molar-refractivity contribution in [2.75, 3.05) is 18.8 Å². The van der Waals surface area contributed by atoms with Crippen LogP contribution >= 0.6 is 11.8 Å². The van der Waals surface area contributed by atoms with E-state index in [0.29, 0.717) is 12.5 Å². The predicted molar refractivity (Wildman–Crippen MR) is 91.9 cm³/mol. The highest BCUT2D eigenvalue weighted by Gasteiger charge is 2.20. The summed E-state index contributed by atoms with van der Waals surface area (Å²) in [6.45, 7) is 3.79. The molecular weight excluding hydrogens is 324 g/mol. The number of nitrogens with one attached hydrogen (secondary N) is 2. The van der Waals surface area contributed by atoms with Gasteiger partial charge in [0.1, 0.15) is 6.54 Å². The van der Waals surface area contributed by atoms with Crippen LogP contribution in [-0.4, -0.2) is 44.1 Å². The molecule has 0 aliphatic carbocycles. The fraction of sp³-hybridized carbons (Fsp3) is 0.562. The van der Waals surface area contributed by atoms with Gasteiger partial charge in [0.05, 0.1) is 12.2 Å². The summed E-state index contributed by atoms with van der Waals surface area (Å²) in [5.41, 5.74) is 2.07. The molecule has 4 rings (SSSR count). The third kappa shape index (κ3) is 3.34. The summed E-state index contributed by atoms with van der Waals surface area (Å²) in [7, 11) is 0. The van der Waals surface area contributed by atoms with E-state index in [1.165, 1.54) is 6.42 Å². The van der Waals surface area contributed by atoms with Gasteiger partial charge in [-0.05, 0) is 25.5 Å². The fourth-order valence-electron chi connectivity index (χ4n) is 3.35. The number of nitrogens with zero attached hydrogens (tertiary/aromatic N) is 4. The lowest BCUT2D eigenvalue weighted by atomic mass is 9.96. The average Bonchev–Trinajstić information content (AvgIpc) is 3.29. The second kappa shape index (κ2) is 6.98. The van der Waals surface area contributed by atoms with E-state index in [9.17, 15) is 4.79 Å². The van der Waals surface area contributed by atoms with E-state index < -0.39 is 0 Å². The molecule has 2 aliphatic rings. The zero-order valence-corrected chi connectivity index (χ0v) is 14.4. The molecule has 1 unspecified atom stereocenters. The molecule has 4 heterocycles. The van der Waals surface area contributed by atoms with Crippen molar-refractivity contribution < 1.29 is 4.79 Å². The van der Waals surface area contributed by atoms with Crippen molar-refractivity contribution in [2.24, 2.45) is 0 Å². The van der Waals surface area contributed by atoms with Crippen LogP contribution in [0.3, 0.4) is 0 Å². The van der Waals surface area contributed by atoms with Gasteiger partial charge in [-0.25, -0.2) is 4.98 Å². The van der Waals surface area contributed by atoms with Crippen molar-refractivity contribution in [2.45, 2.75) is 43.6 Å². The third-order valence-corrected chi connectivity index (χ3v) is 5.55. The Hall–Kier alpha value is -1.80. The molecule has 1 fully saturated rings. The molecule has 0 radical (unpaired) electrons. The first kappa shape index (κ1) is 15.7. The predicted octanol–water partition coefficient (Wildman–Crippen LogP) is 0.969. The van der Waals surface area contributed by atoms with Gasteiger partial charge in [-0.3, -0.25) is 9.48 Å². The van der Waals surface area contributed by atoms with Gasteiger partial charge in [0.2, 0.25) is 5.91 Å². The Bertz CT molecular complexity index is 696. The molecule has 7 nitrogen and oxygen atoms in total. The number of hydrogen-bond donors (Lipinski definition) is 2. The highest BCUT2D eigenvalue weighted by molar-refractivity contribution is 7.99. The molecule has 0 aromatic carbocycles. The van der Waals surface area contributed by atoms with Gasteiger partial charge in [-0.2, -0.15) is 5.10 Å². The number of piperidine rings is 1. The Morgan fingerprint density at radius 1 is 1.50 bits per heavy atom. The lowest BCUT2D eigenvalue weighted by molar-refractivity contribution is -0.122. The number of rotatable bonds is 5. The summed E-state index contributed by atoms with van der Waals surface area (Å²) in [5.74, 6) is 1.51. The minimum absolute atomic E-state index is 0.0236. The van der Waals surface area contributed by atoms with Crippen LogP contribution in [0.25, 0.3) is 0 Å². The van der Waals surface area contributed by atoms with Crippen LogP contribution < -0.4 is 10.6 Å². The van der Waals surface area contributed by atoms with Crippen LogP contribution in [0.2, 0.25) is 0 Å². The highest BCUT2D eigenvalue weighted by atomic mass is 32.2. The van der Waals surface area contributed by atoms with Crippen LogP contribution in [-0.2, 0) is 24.4 Å². The van der Waals surface area contributed by atoms with E-state index >= 15 is 0 Å². The number of aromatic nitrogens is 4. The fourth-order valence-corrected chi connectivity index (χ4v) is 4.32. The van der Waals surface area contributed by atoms with Crippen LogP contribution in [0, 0.1) is 0 Å². The lowest BCUT2D eigenvalue weighted by Crippen LogP contribution is -2.32. The van der Waals surface area contributed by atoms with Gasteiger partial charge in [-0.1, -0.05) is 11.8 Å². The Morgan fingerprint density at radius 3 is 3.29 bits per heavy atom. The SMILES string of the molecule is O=C(Cn1nccc1C1CCCNC1)NCc1cn2c(n1)SCC2. The third-order valence-electron chi connectivity index (χ3n) is 4.58. The normalized spacial score (nSPS) is 20.1. The maximum absolute atomic E-state index is 12.3. The van der Waals surface area contributed by atoms with E-state index in [2.05, 4.69) is 25.3 Å². The van der Waals surface area contributed by atoms with Gasteiger partial charge in [0, 0.05) is 42.8 Å². The van der Waals surface area contributed by atoms with Crippen LogP contribution in [0.15, 0.2) is 23.6 Å². The molecular formula is C16H22N6OS. The monoisotopic (exact) mass is 346 g/mol. The number of aryl methyl sites for hydroxylation is 1. The molecule has 0 spiro atoms. The molecule has 2 aromatic rings. The molecule has 2 N–H and O–H groups in total. The zero-order valence-electron chi connectivity index (χ0n) is 13.6. The molecule has 128 valence electrons. The van der Waals surface area contributed by atoms with Crippen molar-refractivity contribution in [3.05, 3.63) is 29.8 Å². The van der Waals surface area contributed by atoms with Gasteiger partial charge in [-0.15, -0.1) is 0 Å². The van der Waals surface area contributed by atoms with Gasteiger partial charge in [0.25, 0.3) is 0 Å². The van der Waals surface area contributed by atoms with Crippen LogP contribution in [0.1, 0.15) is 30.1 Å². The Balaban J connectivity index is 1.33. The topological polar surface area (TPSA) is 76.8 Å². The quantitative estimate of drug-likeness (QED) is 0.844. The zero-order chi connectivity index (χ0) is 16.4. The standard InChI is InChI=1S/C16H22N6OS/c23-15(18-9-13-10-21-6-7-24-16(21)20-13)11-22-14(3-5-19-22)12-2-1-4-17-8-12/h3,5,10,12,17H,1-2,4,6-9,11H2,(H,18,23). The lowest BCUT2D eigenvalue weighted by Gasteiger charge is -2.23. The molecule has 8 heteroatoms. The van der Waals surface area contributed by atoms with E-state index in [1.807, 2.05) is 16.9 Å². The summed E-state index contributed by atoms with van der Waals surface area (Å²) in [6, 6.07) is 2.03. The van der Waals surface area contributed by atoms with Crippen molar-refractivity contribution >= 4 is 17.7 Å². The van der Waals surface area contributed by atoms with Crippen molar-refractivity contribution in [1.29, 1.82) is 0 Å². The van der Waals surface area contributed by atoms with Crippen LogP contribution in [0.5, 0.6) is 0 Å².